The lowest BCUT2D eigenvalue weighted by Crippen LogP contribution is -2.41. The van der Waals surface area contributed by atoms with E-state index in [9.17, 15) is 9.59 Å². The molecule has 0 saturated carbocycles. The Balaban J connectivity index is 1.66. The Hall–Kier alpha value is -3.00. The molecule has 8 nitrogen and oxygen atoms in total. The summed E-state index contributed by atoms with van der Waals surface area (Å²) < 4.78 is 8.62. The zero-order valence-corrected chi connectivity index (χ0v) is 17.0. The molecule has 4 rings (SSSR count). The first kappa shape index (κ1) is 19.3. The van der Waals surface area contributed by atoms with Crippen LogP contribution in [0.1, 0.15) is 23.4 Å². The number of aryl methyl sites for hydroxylation is 4. The van der Waals surface area contributed by atoms with Gasteiger partial charge in [-0.05, 0) is 26.0 Å². The zero-order valence-electron chi connectivity index (χ0n) is 17.0. The zero-order chi connectivity index (χ0) is 20.5. The minimum atomic E-state index is -0.194. The van der Waals surface area contributed by atoms with Crippen molar-refractivity contribution < 1.29 is 9.53 Å². The molecule has 1 saturated heterocycles. The van der Waals surface area contributed by atoms with E-state index in [0.29, 0.717) is 49.6 Å². The minimum Gasteiger partial charge on any atom is -0.378 e. The molecule has 1 aliphatic heterocycles. The Morgan fingerprint density at radius 2 is 1.83 bits per heavy atom. The summed E-state index contributed by atoms with van der Waals surface area (Å²) in [6, 6.07) is 7.96. The SMILES string of the molecule is Cc1ccc(-n2nc(C)c3nc(CCC(=O)N4CCOCC4)c(=O)n(C)c32)cc1. The van der Waals surface area contributed by atoms with Crippen LogP contribution in [0.5, 0.6) is 0 Å². The molecular weight excluding hydrogens is 370 g/mol. The van der Waals surface area contributed by atoms with Gasteiger partial charge in [0.05, 0.1) is 24.6 Å². The molecule has 1 aliphatic rings. The molecule has 8 heteroatoms. The van der Waals surface area contributed by atoms with Crippen LogP contribution in [0.15, 0.2) is 29.1 Å². The van der Waals surface area contributed by atoms with Gasteiger partial charge in [0.15, 0.2) is 5.65 Å². The Kier molecular flexibility index (Phi) is 5.19. The minimum absolute atomic E-state index is 0.0318. The van der Waals surface area contributed by atoms with Crippen molar-refractivity contribution in [2.45, 2.75) is 26.7 Å². The van der Waals surface area contributed by atoms with Gasteiger partial charge in [-0.25, -0.2) is 9.67 Å². The van der Waals surface area contributed by atoms with Gasteiger partial charge >= 0.3 is 0 Å². The topological polar surface area (TPSA) is 82.2 Å². The van der Waals surface area contributed by atoms with Crippen molar-refractivity contribution >= 4 is 17.1 Å². The molecule has 1 amide bonds. The van der Waals surface area contributed by atoms with E-state index in [1.54, 1.807) is 21.2 Å². The maximum atomic E-state index is 12.9. The van der Waals surface area contributed by atoms with E-state index in [1.807, 2.05) is 38.1 Å². The molecular formula is C21H25N5O3. The number of ether oxygens (including phenoxy) is 1. The first-order valence-corrected chi connectivity index (χ1v) is 9.83. The summed E-state index contributed by atoms with van der Waals surface area (Å²) in [6.45, 7) is 6.24. The van der Waals surface area contributed by atoms with Gasteiger partial charge in [0.25, 0.3) is 5.56 Å². The van der Waals surface area contributed by atoms with Gasteiger partial charge in [0.2, 0.25) is 5.91 Å². The van der Waals surface area contributed by atoms with E-state index >= 15 is 0 Å². The summed E-state index contributed by atoms with van der Waals surface area (Å²) in [6.07, 6.45) is 0.576. The highest BCUT2D eigenvalue weighted by molar-refractivity contribution is 5.77. The predicted octanol–water partition coefficient (Wildman–Crippen LogP) is 1.53. The summed E-state index contributed by atoms with van der Waals surface area (Å²) in [7, 11) is 1.73. The van der Waals surface area contributed by atoms with E-state index < -0.39 is 0 Å². The average molecular weight is 395 g/mol. The number of carbonyl (C=O) groups is 1. The van der Waals surface area contributed by atoms with Crippen molar-refractivity contribution in [2.24, 2.45) is 7.05 Å². The second-order valence-electron chi connectivity index (χ2n) is 7.42. The number of nitrogens with zero attached hydrogens (tertiary/aromatic N) is 5. The number of rotatable bonds is 4. The highest BCUT2D eigenvalue weighted by Gasteiger charge is 2.20. The fourth-order valence-electron chi connectivity index (χ4n) is 3.64. The molecule has 0 atom stereocenters. The number of carbonyl (C=O) groups excluding carboxylic acids is 1. The van der Waals surface area contributed by atoms with Gasteiger partial charge in [0.1, 0.15) is 11.2 Å². The van der Waals surface area contributed by atoms with E-state index in [0.717, 1.165) is 16.9 Å². The number of aromatic nitrogens is 4. The van der Waals surface area contributed by atoms with E-state index in [2.05, 4.69) is 10.1 Å². The third-order valence-electron chi connectivity index (χ3n) is 5.34. The molecule has 2 aromatic heterocycles. The number of fused-ring (bicyclic) bond motifs is 1. The molecule has 0 radical (unpaired) electrons. The fourth-order valence-corrected chi connectivity index (χ4v) is 3.64. The Labute approximate surface area is 168 Å². The lowest BCUT2D eigenvalue weighted by Gasteiger charge is -2.26. The van der Waals surface area contributed by atoms with Crippen LogP contribution in [0.2, 0.25) is 0 Å². The summed E-state index contributed by atoms with van der Waals surface area (Å²) in [5.41, 5.74) is 4.31. The van der Waals surface area contributed by atoms with Crippen LogP contribution in [0.4, 0.5) is 0 Å². The maximum absolute atomic E-state index is 12.9. The second kappa shape index (κ2) is 7.79. The van der Waals surface area contributed by atoms with Gasteiger partial charge in [0, 0.05) is 33.0 Å². The molecule has 0 N–H and O–H groups in total. The summed E-state index contributed by atoms with van der Waals surface area (Å²) in [5.74, 6) is 0.0318. The van der Waals surface area contributed by atoms with Gasteiger partial charge in [-0.1, -0.05) is 17.7 Å². The maximum Gasteiger partial charge on any atom is 0.273 e. The van der Waals surface area contributed by atoms with Crippen molar-refractivity contribution in [1.29, 1.82) is 0 Å². The first-order valence-electron chi connectivity index (χ1n) is 9.83. The molecule has 0 unspecified atom stereocenters. The van der Waals surface area contributed by atoms with Crippen LogP contribution in [-0.4, -0.2) is 56.4 Å². The lowest BCUT2D eigenvalue weighted by atomic mass is 10.2. The van der Waals surface area contributed by atoms with Crippen LogP contribution in [-0.2, 0) is 23.0 Å². The standard InChI is InChI=1S/C21H25N5O3/c1-14-4-6-16(7-5-14)26-20-19(15(2)23-26)22-17(21(28)24(20)3)8-9-18(27)25-10-12-29-13-11-25/h4-7H,8-13H2,1-3H3. The molecule has 3 aromatic rings. The van der Waals surface area contributed by atoms with Crippen LogP contribution < -0.4 is 5.56 Å². The molecule has 0 bridgehead atoms. The summed E-state index contributed by atoms with van der Waals surface area (Å²) in [4.78, 5) is 31.8. The van der Waals surface area contributed by atoms with E-state index in [4.69, 9.17) is 4.74 Å². The summed E-state index contributed by atoms with van der Waals surface area (Å²) in [5, 5.41) is 4.61. The molecule has 152 valence electrons. The quantitative estimate of drug-likeness (QED) is 0.669. The highest BCUT2D eigenvalue weighted by atomic mass is 16.5. The Bertz CT molecular complexity index is 1110. The Morgan fingerprint density at radius 1 is 1.14 bits per heavy atom. The van der Waals surface area contributed by atoms with Gasteiger partial charge in [-0.2, -0.15) is 5.10 Å². The van der Waals surface area contributed by atoms with Crippen molar-refractivity contribution in [1.82, 2.24) is 24.2 Å². The van der Waals surface area contributed by atoms with Crippen LogP contribution in [0.3, 0.4) is 0 Å². The monoisotopic (exact) mass is 395 g/mol. The van der Waals surface area contributed by atoms with Crippen molar-refractivity contribution in [3.05, 3.63) is 51.6 Å². The number of morpholine rings is 1. The normalized spacial score (nSPS) is 14.5. The number of hydrogen-bond donors (Lipinski definition) is 0. The van der Waals surface area contributed by atoms with E-state index in [-0.39, 0.29) is 17.9 Å². The molecule has 29 heavy (non-hydrogen) atoms. The van der Waals surface area contributed by atoms with Crippen LogP contribution in [0.25, 0.3) is 16.9 Å². The molecule has 0 aliphatic carbocycles. The molecule has 3 heterocycles. The first-order chi connectivity index (χ1) is 14.0. The number of hydrogen-bond acceptors (Lipinski definition) is 5. The predicted molar refractivity (Wildman–Crippen MR) is 109 cm³/mol. The van der Waals surface area contributed by atoms with Crippen LogP contribution in [0, 0.1) is 13.8 Å². The smallest absolute Gasteiger partial charge is 0.273 e. The van der Waals surface area contributed by atoms with Gasteiger partial charge < -0.3 is 9.64 Å². The van der Waals surface area contributed by atoms with Crippen molar-refractivity contribution in [2.75, 3.05) is 26.3 Å². The Morgan fingerprint density at radius 3 is 2.52 bits per heavy atom. The number of amides is 1. The lowest BCUT2D eigenvalue weighted by molar-refractivity contribution is -0.135. The molecule has 1 aromatic carbocycles. The highest BCUT2D eigenvalue weighted by Crippen LogP contribution is 2.20. The fraction of sp³-hybridized carbons (Fsp3) is 0.429. The third-order valence-corrected chi connectivity index (χ3v) is 5.34. The summed E-state index contributed by atoms with van der Waals surface area (Å²) >= 11 is 0. The van der Waals surface area contributed by atoms with Crippen molar-refractivity contribution in [3.8, 4) is 5.69 Å². The van der Waals surface area contributed by atoms with E-state index in [1.165, 1.54) is 0 Å². The van der Waals surface area contributed by atoms with Crippen molar-refractivity contribution in [3.63, 3.8) is 0 Å². The molecule has 1 fully saturated rings. The van der Waals surface area contributed by atoms with Gasteiger partial charge in [-0.15, -0.1) is 0 Å². The third kappa shape index (κ3) is 3.67. The van der Waals surface area contributed by atoms with Gasteiger partial charge in [-0.3, -0.25) is 14.2 Å². The average Bonchev–Trinajstić information content (AvgIpc) is 3.07. The largest absolute Gasteiger partial charge is 0.378 e. The van der Waals surface area contributed by atoms with Crippen LogP contribution >= 0.6 is 0 Å². The molecule has 0 spiro atoms. The second-order valence-corrected chi connectivity index (χ2v) is 7.42. The number of benzene rings is 1.